The van der Waals surface area contributed by atoms with Crippen molar-refractivity contribution in [3.05, 3.63) is 34.0 Å². The summed E-state index contributed by atoms with van der Waals surface area (Å²) in [5.74, 6) is 0.877. The summed E-state index contributed by atoms with van der Waals surface area (Å²) < 4.78 is 8.81. The Hall–Kier alpha value is -1.33. The van der Waals surface area contributed by atoms with Gasteiger partial charge in [-0.15, -0.1) is 11.3 Å². The molecule has 0 atom stereocenters. The fraction of sp³-hybridized carbons (Fsp3) is 0.286. The number of thiophene rings is 1. The molecule has 0 unspecified atom stereocenters. The number of hydrogen-bond donors (Lipinski definition) is 2. The minimum atomic E-state index is 0.877. The molecule has 0 amide bonds. The van der Waals surface area contributed by atoms with E-state index in [9.17, 15) is 0 Å². The van der Waals surface area contributed by atoms with Crippen LogP contribution in [0.1, 0.15) is 10.4 Å². The normalized spacial score (nSPS) is 10.3. The minimum absolute atomic E-state index is 0.877. The molecule has 2 N–H and O–H groups in total. The van der Waals surface area contributed by atoms with Crippen molar-refractivity contribution < 1.29 is 4.74 Å². The molecular weight excluding hydrogens is 276 g/mol. The van der Waals surface area contributed by atoms with Crippen molar-refractivity contribution in [2.24, 2.45) is 0 Å². The van der Waals surface area contributed by atoms with Crippen LogP contribution in [0.3, 0.4) is 0 Å². The van der Waals surface area contributed by atoms with E-state index in [0.29, 0.717) is 0 Å². The summed E-state index contributed by atoms with van der Waals surface area (Å²) in [6, 6.07) is 6.06. The van der Waals surface area contributed by atoms with Gasteiger partial charge in [-0.3, -0.25) is 0 Å². The molecule has 0 fully saturated rings. The highest BCUT2D eigenvalue weighted by atomic mass is 32.2. The lowest BCUT2D eigenvalue weighted by Gasteiger charge is -2.12. The molecule has 1 aromatic heterocycles. The third-order valence-corrected chi connectivity index (χ3v) is 4.75. The van der Waals surface area contributed by atoms with Gasteiger partial charge in [-0.1, -0.05) is 0 Å². The Morgan fingerprint density at radius 1 is 1.26 bits per heavy atom. The SMILES string of the molecule is CNc1ccc(OC)c(SNc2c(C)csc2C)c1. The van der Waals surface area contributed by atoms with E-state index in [0.717, 1.165) is 16.3 Å². The van der Waals surface area contributed by atoms with Gasteiger partial charge in [-0.25, -0.2) is 0 Å². The summed E-state index contributed by atoms with van der Waals surface area (Å²) in [5.41, 5.74) is 3.55. The smallest absolute Gasteiger partial charge is 0.134 e. The van der Waals surface area contributed by atoms with Gasteiger partial charge in [0.25, 0.3) is 0 Å². The third kappa shape index (κ3) is 3.16. The Labute approximate surface area is 122 Å². The molecule has 2 aromatic rings. The maximum atomic E-state index is 5.39. The van der Waals surface area contributed by atoms with Crippen LogP contribution < -0.4 is 14.8 Å². The third-order valence-electron chi connectivity index (χ3n) is 2.87. The second-order valence-corrected chi connectivity index (χ2v) is 6.10. The second-order valence-electron chi connectivity index (χ2n) is 4.17. The van der Waals surface area contributed by atoms with Gasteiger partial charge in [-0.2, -0.15) is 0 Å². The van der Waals surface area contributed by atoms with Crippen LogP contribution in [0.2, 0.25) is 0 Å². The van der Waals surface area contributed by atoms with Crippen molar-refractivity contribution in [2.45, 2.75) is 18.7 Å². The summed E-state index contributed by atoms with van der Waals surface area (Å²) in [5, 5.41) is 5.31. The Morgan fingerprint density at radius 3 is 2.63 bits per heavy atom. The van der Waals surface area contributed by atoms with Gasteiger partial charge in [-0.05, 0) is 54.9 Å². The number of methoxy groups -OCH3 is 1. The van der Waals surface area contributed by atoms with Crippen molar-refractivity contribution in [2.75, 3.05) is 24.2 Å². The Balaban J connectivity index is 2.18. The number of hydrogen-bond acceptors (Lipinski definition) is 5. The fourth-order valence-electron chi connectivity index (χ4n) is 1.74. The van der Waals surface area contributed by atoms with Gasteiger partial charge in [0.1, 0.15) is 5.75 Å². The molecule has 19 heavy (non-hydrogen) atoms. The zero-order valence-electron chi connectivity index (χ0n) is 11.5. The zero-order valence-corrected chi connectivity index (χ0v) is 13.2. The van der Waals surface area contributed by atoms with Crippen LogP contribution in [0, 0.1) is 13.8 Å². The number of nitrogens with one attached hydrogen (secondary N) is 2. The molecule has 0 radical (unpaired) electrons. The summed E-state index contributed by atoms with van der Waals surface area (Å²) in [7, 11) is 3.61. The number of anilines is 2. The highest BCUT2D eigenvalue weighted by Gasteiger charge is 2.08. The lowest BCUT2D eigenvalue weighted by atomic mass is 10.3. The van der Waals surface area contributed by atoms with Crippen molar-refractivity contribution >= 4 is 34.7 Å². The molecule has 1 aromatic carbocycles. The monoisotopic (exact) mass is 294 g/mol. The number of aryl methyl sites for hydroxylation is 2. The summed E-state index contributed by atoms with van der Waals surface area (Å²) >= 11 is 3.34. The standard InChI is InChI=1S/C14H18N2OS2/c1-9-8-18-10(2)14(9)16-19-13-7-11(15-3)5-6-12(13)17-4/h5-8,15-16H,1-4H3. The van der Waals surface area contributed by atoms with Crippen molar-refractivity contribution in [3.63, 3.8) is 0 Å². The summed E-state index contributed by atoms with van der Waals surface area (Å²) in [6.45, 7) is 4.25. The summed E-state index contributed by atoms with van der Waals surface area (Å²) in [6.07, 6.45) is 0. The van der Waals surface area contributed by atoms with Crippen LogP contribution in [0.5, 0.6) is 5.75 Å². The average Bonchev–Trinajstić information content (AvgIpc) is 2.75. The average molecular weight is 294 g/mol. The first kappa shape index (κ1) is 14.1. The fourth-order valence-corrected chi connectivity index (χ4v) is 3.57. The predicted molar refractivity (Wildman–Crippen MR) is 85.8 cm³/mol. The molecule has 0 aliphatic rings. The van der Waals surface area contributed by atoms with Crippen LogP contribution in [-0.4, -0.2) is 14.2 Å². The Bertz CT molecular complexity index is 547. The van der Waals surface area contributed by atoms with E-state index in [2.05, 4.69) is 35.3 Å². The first-order chi connectivity index (χ1) is 9.15. The van der Waals surface area contributed by atoms with Crippen LogP contribution in [0.4, 0.5) is 11.4 Å². The van der Waals surface area contributed by atoms with E-state index in [1.807, 2.05) is 19.2 Å². The molecule has 0 saturated heterocycles. The van der Waals surface area contributed by atoms with Gasteiger partial charge in [0.05, 0.1) is 17.7 Å². The van der Waals surface area contributed by atoms with E-state index in [1.165, 1.54) is 16.1 Å². The first-order valence-electron chi connectivity index (χ1n) is 5.99. The number of ether oxygens (including phenoxy) is 1. The molecule has 5 heteroatoms. The largest absolute Gasteiger partial charge is 0.496 e. The maximum Gasteiger partial charge on any atom is 0.134 e. The quantitative estimate of drug-likeness (QED) is 0.794. The molecule has 3 nitrogen and oxygen atoms in total. The lowest BCUT2D eigenvalue weighted by Crippen LogP contribution is -1.94. The van der Waals surface area contributed by atoms with Crippen molar-refractivity contribution in [1.82, 2.24) is 0 Å². The van der Waals surface area contributed by atoms with Gasteiger partial charge < -0.3 is 14.8 Å². The van der Waals surface area contributed by atoms with Gasteiger partial charge in [0.15, 0.2) is 0 Å². The zero-order chi connectivity index (χ0) is 13.8. The van der Waals surface area contributed by atoms with E-state index in [4.69, 9.17) is 4.74 Å². The van der Waals surface area contributed by atoms with Crippen LogP contribution in [0.15, 0.2) is 28.5 Å². The molecule has 0 aliphatic heterocycles. The van der Waals surface area contributed by atoms with E-state index in [1.54, 1.807) is 30.4 Å². The second kappa shape index (κ2) is 6.21. The van der Waals surface area contributed by atoms with Gasteiger partial charge >= 0.3 is 0 Å². The topological polar surface area (TPSA) is 33.3 Å². The Kier molecular flexibility index (Phi) is 4.61. The molecule has 102 valence electrons. The van der Waals surface area contributed by atoms with Crippen LogP contribution in [0.25, 0.3) is 0 Å². The first-order valence-corrected chi connectivity index (χ1v) is 7.68. The highest BCUT2D eigenvalue weighted by Crippen LogP contribution is 2.35. The number of rotatable bonds is 5. The van der Waals surface area contributed by atoms with Crippen LogP contribution >= 0.6 is 23.3 Å². The molecular formula is C14H18N2OS2. The van der Waals surface area contributed by atoms with Crippen molar-refractivity contribution in [1.29, 1.82) is 0 Å². The van der Waals surface area contributed by atoms with E-state index in [-0.39, 0.29) is 0 Å². The lowest BCUT2D eigenvalue weighted by molar-refractivity contribution is 0.405. The molecule has 0 spiro atoms. The van der Waals surface area contributed by atoms with Gasteiger partial charge in [0, 0.05) is 17.6 Å². The van der Waals surface area contributed by atoms with Gasteiger partial charge in [0.2, 0.25) is 0 Å². The summed E-state index contributed by atoms with van der Waals surface area (Å²) in [4.78, 5) is 2.37. The maximum absolute atomic E-state index is 5.39. The number of benzene rings is 1. The van der Waals surface area contributed by atoms with E-state index >= 15 is 0 Å². The molecule has 0 aliphatic carbocycles. The molecule has 0 bridgehead atoms. The minimum Gasteiger partial charge on any atom is -0.496 e. The van der Waals surface area contributed by atoms with Crippen LogP contribution in [-0.2, 0) is 0 Å². The van der Waals surface area contributed by atoms with E-state index < -0.39 is 0 Å². The molecule has 0 saturated carbocycles. The molecule has 1 heterocycles. The van der Waals surface area contributed by atoms with Crippen molar-refractivity contribution in [3.8, 4) is 5.75 Å². The predicted octanol–water partition coefficient (Wildman–Crippen LogP) is 4.53. The highest BCUT2D eigenvalue weighted by molar-refractivity contribution is 8.00. The Morgan fingerprint density at radius 2 is 2.05 bits per heavy atom. The molecule has 2 rings (SSSR count).